The van der Waals surface area contributed by atoms with Crippen LogP contribution in [0.5, 0.6) is 0 Å². The van der Waals surface area contributed by atoms with E-state index in [0.29, 0.717) is 5.69 Å². The minimum Gasteiger partial charge on any atom is -0.331 e. The second-order valence-electron chi connectivity index (χ2n) is 6.38. The summed E-state index contributed by atoms with van der Waals surface area (Å²) in [6.07, 6.45) is 5.16. The second kappa shape index (κ2) is 7.43. The van der Waals surface area contributed by atoms with Gasteiger partial charge in [0.05, 0.1) is 10.9 Å². The van der Waals surface area contributed by atoms with E-state index in [-0.39, 0.29) is 23.0 Å². The number of hydrogen-bond acceptors (Lipinski definition) is 4. The van der Waals surface area contributed by atoms with Crippen LogP contribution in [0.2, 0.25) is 0 Å². The Bertz CT molecular complexity index is 865. The van der Waals surface area contributed by atoms with E-state index in [1.54, 1.807) is 31.6 Å². The van der Waals surface area contributed by atoms with E-state index in [1.165, 1.54) is 16.4 Å². The number of carbonyl (C=O) groups excluding carboxylic acids is 1. The molecule has 0 spiro atoms. The normalized spacial score (nSPS) is 15.5. The summed E-state index contributed by atoms with van der Waals surface area (Å²) in [5.41, 5.74) is 1.47. The minimum atomic E-state index is -3.48. The van der Waals surface area contributed by atoms with Crippen molar-refractivity contribution >= 4 is 21.7 Å². The summed E-state index contributed by atoms with van der Waals surface area (Å²) < 4.78 is 26.4. The lowest BCUT2D eigenvalue weighted by molar-refractivity contribution is 0.249. The van der Waals surface area contributed by atoms with Crippen LogP contribution in [0.1, 0.15) is 31.4 Å². The molecule has 1 aromatic heterocycles. The van der Waals surface area contributed by atoms with E-state index in [1.807, 2.05) is 19.1 Å². The van der Waals surface area contributed by atoms with Crippen molar-refractivity contribution in [3.05, 3.63) is 54.4 Å². The zero-order chi connectivity index (χ0) is 18.7. The molecule has 2 amide bonds. The molecule has 2 aromatic rings. The predicted molar refractivity (Wildman–Crippen MR) is 99.2 cm³/mol. The molecule has 0 aliphatic heterocycles. The van der Waals surface area contributed by atoms with Gasteiger partial charge in [-0.2, -0.15) is 4.31 Å². The van der Waals surface area contributed by atoms with E-state index in [4.69, 9.17) is 0 Å². The number of nitrogens with zero attached hydrogens (tertiary/aromatic N) is 2. The van der Waals surface area contributed by atoms with Crippen molar-refractivity contribution in [3.8, 4) is 0 Å². The van der Waals surface area contributed by atoms with Crippen molar-refractivity contribution < 1.29 is 13.2 Å². The van der Waals surface area contributed by atoms with E-state index < -0.39 is 10.0 Å². The van der Waals surface area contributed by atoms with Gasteiger partial charge in [0.2, 0.25) is 10.0 Å². The summed E-state index contributed by atoms with van der Waals surface area (Å²) in [6, 6.07) is 9.44. The molecule has 138 valence electrons. The van der Waals surface area contributed by atoms with E-state index in [2.05, 4.69) is 15.6 Å². The third-order valence-corrected chi connectivity index (χ3v) is 6.33. The van der Waals surface area contributed by atoms with Crippen LogP contribution in [0.4, 0.5) is 10.5 Å². The molecule has 1 fully saturated rings. The third-order valence-electron chi connectivity index (χ3n) is 4.40. The van der Waals surface area contributed by atoms with Gasteiger partial charge < -0.3 is 10.6 Å². The fraction of sp³-hybridized carbons (Fsp3) is 0.333. The molecule has 0 saturated heterocycles. The average Bonchev–Trinajstić information content (AvgIpc) is 3.47. The van der Waals surface area contributed by atoms with Crippen LogP contribution in [0, 0.1) is 0 Å². The summed E-state index contributed by atoms with van der Waals surface area (Å²) in [4.78, 5) is 16.3. The number of hydrogen-bond donors (Lipinski definition) is 2. The molecule has 1 aromatic carbocycles. The standard InChI is InChI=1S/C18H22N4O3S/c1-13(14-9-11-19-12-10-14)20-18(23)21-15-3-7-17(8-4-15)26(24,25)22(2)16-5-6-16/h3-4,7-13,16H,5-6H2,1-2H3,(H2,20,21,23). The first kappa shape index (κ1) is 18.3. The van der Waals surface area contributed by atoms with Gasteiger partial charge in [-0.1, -0.05) is 0 Å². The van der Waals surface area contributed by atoms with Crippen LogP contribution < -0.4 is 10.6 Å². The maximum absolute atomic E-state index is 12.5. The molecule has 2 N–H and O–H groups in total. The molecule has 26 heavy (non-hydrogen) atoms. The van der Waals surface area contributed by atoms with Gasteiger partial charge in [0.15, 0.2) is 0 Å². The summed E-state index contributed by atoms with van der Waals surface area (Å²) >= 11 is 0. The van der Waals surface area contributed by atoms with Gasteiger partial charge in [0.25, 0.3) is 0 Å². The number of pyridine rings is 1. The van der Waals surface area contributed by atoms with Crippen molar-refractivity contribution in [1.82, 2.24) is 14.6 Å². The largest absolute Gasteiger partial charge is 0.331 e. The minimum absolute atomic E-state index is 0.109. The monoisotopic (exact) mass is 374 g/mol. The molecule has 1 saturated carbocycles. The number of carbonyl (C=O) groups is 1. The number of rotatable bonds is 6. The van der Waals surface area contributed by atoms with E-state index in [9.17, 15) is 13.2 Å². The predicted octanol–water partition coefficient (Wildman–Crippen LogP) is 2.75. The average molecular weight is 374 g/mol. The van der Waals surface area contributed by atoms with Crippen LogP contribution in [-0.2, 0) is 10.0 Å². The number of amides is 2. The molecule has 7 nitrogen and oxygen atoms in total. The highest BCUT2D eigenvalue weighted by Crippen LogP contribution is 2.30. The molecule has 1 aliphatic carbocycles. The van der Waals surface area contributed by atoms with Crippen molar-refractivity contribution in [3.63, 3.8) is 0 Å². The van der Waals surface area contributed by atoms with Crippen molar-refractivity contribution in [1.29, 1.82) is 0 Å². The Labute approximate surface area is 153 Å². The number of sulfonamides is 1. The van der Waals surface area contributed by atoms with Gasteiger partial charge in [-0.25, -0.2) is 13.2 Å². The van der Waals surface area contributed by atoms with Crippen LogP contribution in [0.25, 0.3) is 0 Å². The maximum Gasteiger partial charge on any atom is 0.319 e. The number of urea groups is 1. The Kier molecular flexibility index (Phi) is 5.24. The Hall–Kier alpha value is -2.45. The van der Waals surface area contributed by atoms with Crippen LogP contribution >= 0.6 is 0 Å². The molecule has 1 unspecified atom stereocenters. The van der Waals surface area contributed by atoms with Crippen molar-refractivity contribution in [2.45, 2.75) is 36.7 Å². The van der Waals surface area contributed by atoms with Gasteiger partial charge in [-0.3, -0.25) is 4.98 Å². The van der Waals surface area contributed by atoms with E-state index >= 15 is 0 Å². The molecule has 0 bridgehead atoms. The van der Waals surface area contributed by atoms with Crippen LogP contribution in [0.3, 0.4) is 0 Å². The lowest BCUT2D eigenvalue weighted by atomic mass is 10.1. The van der Waals surface area contributed by atoms with Crippen LogP contribution in [0.15, 0.2) is 53.7 Å². The zero-order valence-electron chi connectivity index (χ0n) is 14.7. The highest BCUT2D eigenvalue weighted by atomic mass is 32.2. The van der Waals surface area contributed by atoms with Gasteiger partial charge in [0, 0.05) is 31.2 Å². The number of nitrogens with one attached hydrogen (secondary N) is 2. The van der Waals surface area contributed by atoms with Gasteiger partial charge >= 0.3 is 6.03 Å². The first-order valence-corrected chi connectivity index (χ1v) is 9.87. The van der Waals surface area contributed by atoms with Gasteiger partial charge in [-0.15, -0.1) is 0 Å². The first-order valence-electron chi connectivity index (χ1n) is 8.43. The highest BCUT2D eigenvalue weighted by Gasteiger charge is 2.34. The fourth-order valence-corrected chi connectivity index (χ4v) is 4.03. The fourth-order valence-electron chi connectivity index (χ4n) is 2.61. The smallest absolute Gasteiger partial charge is 0.319 e. The Balaban J connectivity index is 1.61. The lowest BCUT2D eigenvalue weighted by Gasteiger charge is -2.17. The van der Waals surface area contributed by atoms with Gasteiger partial charge in [0.1, 0.15) is 0 Å². The van der Waals surface area contributed by atoms with Crippen LogP contribution in [-0.4, -0.2) is 36.8 Å². The summed E-state index contributed by atoms with van der Waals surface area (Å²) in [6.45, 7) is 1.87. The topological polar surface area (TPSA) is 91.4 Å². The Morgan fingerprint density at radius 3 is 2.35 bits per heavy atom. The third kappa shape index (κ3) is 4.20. The SMILES string of the molecule is CC(NC(=O)Nc1ccc(S(=O)(=O)N(C)C2CC2)cc1)c1ccncc1. The second-order valence-corrected chi connectivity index (χ2v) is 8.38. The van der Waals surface area contributed by atoms with Crippen molar-refractivity contribution in [2.24, 2.45) is 0 Å². The highest BCUT2D eigenvalue weighted by molar-refractivity contribution is 7.89. The molecule has 1 heterocycles. The molecular formula is C18H22N4O3S. The summed E-state index contributed by atoms with van der Waals surface area (Å²) in [5.74, 6) is 0. The lowest BCUT2D eigenvalue weighted by Crippen LogP contribution is -2.31. The number of benzene rings is 1. The van der Waals surface area contributed by atoms with E-state index in [0.717, 1.165) is 18.4 Å². The number of anilines is 1. The van der Waals surface area contributed by atoms with Gasteiger partial charge in [-0.05, 0) is 61.7 Å². The molecule has 3 rings (SSSR count). The Morgan fingerprint density at radius 1 is 1.15 bits per heavy atom. The molecule has 1 aliphatic rings. The molecule has 1 atom stereocenters. The molecular weight excluding hydrogens is 352 g/mol. The molecule has 8 heteroatoms. The quantitative estimate of drug-likeness (QED) is 0.813. The number of aromatic nitrogens is 1. The summed E-state index contributed by atoms with van der Waals surface area (Å²) in [7, 11) is -1.87. The Morgan fingerprint density at radius 2 is 1.77 bits per heavy atom. The first-order chi connectivity index (χ1) is 12.4. The maximum atomic E-state index is 12.5. The zero-order valence-corrected chi connectivity index (χ0v) is 15.5. The molecule has 0 radical (unpaired) electrons. The summed E-state index contributed by atoms with van der Waals surface area (Å²) in [5, 5.41) is 5.54. The van der Waals surface area contributed by atoms with Crippen molar-refractivity contribution in [2.75, 3.05) is 12.4 Å².